The van der Waals surface area contributed by atoms with Gasteiger partial charge in [-0.15, -0.1) is 0 Å². The summed E-state index contributed by atoms with van der Waals surface area (Å²) in [5, 5.41) is 3.26. The Morgan fingerprint density at radius 3 is 2.21 bits per heavy atom. The molecule has 6 atom stereocenters. The van der Waals surface area contributed by atoms with Gasteiger partial charge in [-0.3, -0.25) is 14.5 Å². The summed E-state index contributed by atoms with van der Waals surface area (Å²) < 4.78 is 0. The van der Waals surface area contributed by atoms with E-state index in [0.29, 0.717) is 23.7 Å². The van der Waals surface area contributed by atoms with Crippen molar-refractivity contribution in [2.45, 2.75) is 20.3 Å². The van der Waals surface area contributed by atoms with Gasteiger partial charge in [0.05, 0.1) is 18.5 Å². The van der Waals surface area contributed by atoms with E-state index in [1.807, 2.05) is 6.07 Å². The van der Waals surface area contributed by atoms with Gasteiger partial charge in [0.2, 0.25) is 11.8 Å². The highest BCUT2D eigenvalue weighted by molar-refractivity contribution is 6.06. The number of carbonyl (C=O) groups is 2. The second-order valence-electron chi connectivity index (χ2n) is 7.89. The lowest BCUT2D eigenvalue weighted by molar-refractivity contribution is -0.139. The number of imide groups is 1. The first kappa shape index (κ1) is 14.3. The minimum Gasteiger partial charge on any atom is -0.367 e. The van der Waals surface area contributed by atoms with Crippen LogP contribution in [0.3, 0.4) is 0 Å². The van der Waals surface area contributed by atoms with Crippen LogP contribution in [0, 0.1) is 49.4 Å². The van der Waals surface area contributed by atoms with Crippen LogP contribution in [-0.2, 0) is 9.59 Å². The summed E-state index contributed by atoms with van der Waals surface area (Å²) in [6.07, 6.45) is 5.63. The van der Waals surface area contributed by atoms with E-state index >= 15 is 0 Å². The van der Waals surface area contributed by atoms with Gasteiger partial charge < -0.3 is 5.32 Å². The average molecular weight is 322 g/mol. The highest BCUT2D eigenvalue weighted by Crippen LogP contribution is 2.65. The average Bonchev–Trinajstić information content (AvgIpc) is 3.35. The minimum absolute atomic E-state index is 0.0334. The SMILES string of the molecule is Cc1ccc(NCN2C(=O)[C@@H]3[C@H]4C=C[C@@H]([C@@H]5C[C@H]45)[C@H]3C2=O)cc1C. The van der Waals surface area contributed by atoms with E-state index < -0.39 is 0 Å². The zero-order valence-electron chi connectivity index (χ0n) is 14.0. The summed E-state index contributed by atoms with van der Waals surface area (Å²) in [4.78, 5) is 27.2. The molecule has 1 aromatic rings. The molecular weight excluding hydrogens is 300 g/mol. The van der Waals surface area contributed by atoms with Crippen LogP contribution in [0.2, 0.25) is 0 Å². The largest absolute Gasteiger partial charge is 0.367 e. The molecule has 1 aliphatic heterocycles. The van der Waals surface area contributed by atoms with E-state index in [9.17, 15) is 9.59 Å². The topological polar surface area (TPSA) is 49.4 Å². The number of likely N-dealkylation sites (tertiary alicyclic amines) is 1. The van der Waals surface area contributed by atoms with E-state index in [4.69, 9.17) is 0 Å². The van der Waals surface area contributed by atoms with Crippen LogP contribution in [0.5, 0.6) is 0 Å². The van der Waals surface area contributed by atoms with Gasteiger partial charge in [0.15, 0.2) is 0 Å². The molecule has 1 saturated heterocycles. The molecule has 1 N–H and O–H groups in total. The van der Waals surface area contributed by atoms with E-state index in [1.165, 1.54) is 22.4 Å². The summed E-state index contributed by atoms with van der Waals surface area (Å²) in [6.45, 7) is 4.42. The third-order valence-electron chi connectivity index (χ3n) is 6.70. The smallest absolute Gasteiger partial charge is 0.235 e. The van der Waals surface area contributed by atoms with Gasteiger partial charge in [0.1, 0.15) is 0 Å². The second kappa shape index (κ2) is 4.71. The molecule has 1 heterocycles. The van der Waals surface area contributed by atoms with Crippen molar-refractivity contribution >= 4 is 17.5 Å². The number of hydrogen-bond donors (Lipinski definition) is 1. The van der Waals surface area contributed by atoms with Crippen molar-refractivity contribution in [2.75, 3.05) is 12.0 Å². The predicted octanol–water partition coefficient (Wildman–Crippen LogP) is 2.73. The lowest BCUT2D eigenvalue weighted by Gasteiger charge is -2.37. The molecule has 4 nitrogen and oxygen atoms in total. The Hall–Kier alpha value is -2.10. The third-order valence-corrected chi connectivity index (χ3v) is 6.70. The van der Waals surface area contributed by atoms with Crippen LogP contribution in [0.1, 0.15) is 17.5 Å². The molecule has 0 unspecified atom stereocenters. The molecule has 1 aromatic carbocycles. The molecule has 6 rings (SSSR count). The van der Waals surface area contributed by atoms with Crippen molar-refractivity contribution < 1.29 is 9.59 Å². The molecule has 3 fully saturated rings. The number of carbonyl (C=O) groups excluding carboxylic acids is 2. The van der Waals surface area contributed by atoms with Gasteiger partial charge in [-0.2, -0.15) is 0 Å². The normalized spacial score (nSPS) is 38.3. The van der Waals surface area contributed by atoms with Gasteiger partial charge in [0, 0.05) is 5.69 Å². The molecule has 124 valence electrons. The Balaban J connectivity index is 1.36. The maximum Gasteiger partial charge on any atom is 0.235 e. The Kier molecular flexibility index (Phi) is 2.80. The summed E-state index contributed by atoms with van der Waals surface area (Å²) in [7, 11) is 0. The fourth-order valence-electron chi connectivity index (χ4n) is 5.20. The van der Waals surface area contributed by atoms with Crippen molar-refractivity contribution in [2.24, 2.45) is 35.5 Å². The summed E-state index contributed by atoms with van der Waals surface area (Å²) >= 11 is 0. The molecule has 24 heavy (non-hydrogen) atoms. The van der Waals surface area contributed by atoms with Crippen molar-refractivity contribution in [3.63, 3.8) is 0 Å². The Morgan fingerprint density at radius 2 is 1.62 bits per heavy atom. The predicted molar refractivity (Wildman–Crippen MR) is 91.0 cm³/mol. The monoisotopic (exact) mass is 322 g/mol. The lowest BCUT2D eigenvalue weighted by Crippen LogP contribution is -2.40. The summed E-state index contributed by atoms with van der Waals surface area (Å²) in [6, 6.07) is 6.12. The van der Waals surface area contributed by atoms with Gasteiger partial charge in [-0.25, -0.2) is 0 Å². The van der Waals surface area contributed by atoms with Crippen LogP contribution in [0.4, 0.5) is 5.69 Å². The third kappa shape index (κ3) is 1.80. The number of allylic oxidation sites excluding steroid dienone is 2. The highest BCUT2D eigenvalue weighted by Gasteiger charge is 2.66. The van der Waals surface area contributed by atoms with E-state index in [2.05, 4.69) is 43.4 Å². The van der Waals surface area contributed by atoms with Crippen molar-refractivity contribution in [1.29, 1.82) is 0 Å². The van der Waals surface area contributed by atoms with Crippen LogP contribution < -0.4 is 5.32 Å². The quantitative estimate of drug-likeness (QED) is 0.688. The van der Waals surface area contributed by atoms with E-state index in [1.54, 1.807) is 0 Å². The molecule has 0 radical (unpaired) electrons. The number of rotatable bonds is 3. The van der Waals surface area contributed by atoms with Crippen LogP contribution >= 0.6 is 0 Å². The number of anilines is 1. The number of amides is 2. The molecule has 2 saturated carbocycles. The number of nitrogens with one attached hydrogen (secondary N) is 1. The Labute approximate surface area is 141 Å². The van der Waals surface area contributed by atoms with Gasteiger partial charge in [-0.05, 0) is 67.2 Å². The van der Waals surface area contributed by atoms with Crippen LogP contribution in [-0.4, -0.2) is 23.4 Å². The van der Waals surface area contributed by atoms with Gasteiger partial charge in [0.25, 0.3) is 0 Å². The van der Waals surface area contributed by atoms with Crippen molar-refractivity contribution in [3.05, 3.63) is 41.5 Å². The molecule has 0 spiro atoms. The van der Waals surface area contributed by atoms with Crippen LogP contribution in [0.15, 0.2) is 30.4 Å². The molecule has 2 amide bonds. The molecule has 0 aromatic heterocycles. The molecule has 4 heteroatoms. The van der Waals surface area contributed by atoms with E-state index in [0.717, 1.165) is 5.69 Å². The van der Waals surface area contributed by atoms with Crippen LogP contribution in [0.25, 0.3) is 0 Å². The highest BCUT2D eigenvalue weighted by atomic mass is 16.2. The lowest BCUT2D eigenvalue weighted by atomic mass is 9.63. The fourth-order valence-corrected chi connectivity index (χ4v) is 5.20. The Bertz CT molecular complexity index is 748. The molecule has 4 aliphatic carbocycles. The summed E-state index contributed by atoms with van der Waals surface area (Å²) in [5.41, 5.74) is 3.40. The number of aryl methyl sites for hydroxylation is 2. The molecule has 2 bridgehead atoms. The molecule has 5 aliphatic rings. The molecular formula is C20H22N2O2. The zero-order chi connectivity index (χ0) is 16.6. The van der Waals surface area contributed by atoms with E-state index in [-0.39, 0.29) is 30.3 Å². The minimum atomic E-state index is -0.0993. The maximum atomic E-state index is 12.9. The van der Waals surface area contributed by atoms with Gasteiger partial charge >= 0.3 is 0 Å². The number of hydrogen-bond acceptors (Lipinski definition) is 3. The Morgan fingerprint density at radius 1 is 1.00 bits per heavy atom. The maximum absolute atomic E-state index is 12.9. The fraction of sp³-hybridized carbons (Fsp3) is 0.500. The summed E-state index contributed by atoms with van der Waals surface area (Å²) in [5.74, 6) is 1.78. The number of benzene rings is 1. The standard InChI is InChI=1S/C20H22N2O2/c1-10-3-4-12(7-11(10)2)21-9-22-19(23)17-13-5-6-14(16-8-15(13)16)18(17)20(22)24/h3-7,13-18,21H,8-9H2,1-2H3/t13-,14-,15-,16+,17+,18+/m0/s1. The first-order valence-corrected chi connectivity index (χ1v) is 8.91. The number of nitrogens with zero attached hydrogens (tertiary/aromatic N) is 1. The zero-order valence-corrected chi connectivity index (χ0v) is 14.0. The first-order chi connectivity index (χ1) is 11.6. The van der Waals surface area contributed by atoms with Crippen molar-refractivity contribution in [3.8, 4) is 0 Å². The van der Waals surface area contributed by atoms with Crippen molar-refractivity contribution in [1.82, 2.24) is 4.90 Å². The second-order valence-corrected chi connectivity index (χ2v) is 7.89. The van der Waals surface area contributed by atoms with Gasteiger partial charge in [-0.1, -0.05) is 18.2 Å². The first-order valence-electron chi connectivity index (χ1n) is 8.91.